The number of aliphatic hydroxyl groups excluding tert-OH is 1. The Morgan fingerprint density at radius 1 is 1.47 bits per heavy atom. The molecule has 0 saturated carbocycles. The average molecular weight is 288 g/mol. The highest BCUT2D eigenvalue weighted by atomic mass is 32.2. The first-order valence-corrected chi connectivity index (χ1v) is 7.34. The topological polar surface area (TPSA) is 102 Å². The van der Waals surface area contributed by atoms with Gasteiger partial charge in [-0.25, -0.2) is 13.1 Å². The van der Waals surface area contributed by atoms with Gasteiger partial charge in [-0.15, -0.1) is 0 Å². The highest BCUT2D eigenvalue weighted by molar-refractivity contribution is 7.89. The van der Waals surface area contributed by atoms with Crippen LogP contribution in [0.2, 0.25) is 0 Å². The smallest absolute Gasteiger partial charge is 0.243 e. The van der Waals surface area contributed by atoms with Crippen molar-refractivity contribution >= 4 is 15.7 Å². The minimum absolute atomic E-state index is 0.0265. The van der Waals surface area contributed by atoms with Gasteiger partial charge in [-0.05, 0) is 25.5 Å². The van der Waals surface area contributed by atoms with Gasteiger partial charge in [-0.2, -0.15) is 0 Å². The van der Waals surface area contributed by atoms with Crippen molar-refractivity contribution in [3.8, 4) is 5.75 Å². The molecule has 0 bridgehead atoms. The van der Waals surface area contributed by atoms with Crippen molar-refractivity contribution in [1.29, 1.82) is 0 Å². The maximum Gasteiger partial charge on any atom is 0.243 e. The van der Waals surface area contributed by atoms with Crippen molar-refractivity contribution < 1.29 is 18.3 Å². The molecular weight excluding hydrogens is 268 g/mol. The highest BCUT2D eigenvalue weighted by Crippen LogP contribution is 2.25. The molecule has 0 fully saturated rings. The summed E-state index contributed by atoms with van der Waals surface area (Å²) in [6.45, 7) is 3.12. The summed E-state index contributed by atoms with van der Waals surface area (Å²) >= 11 is 0. The summed E-state index contributed by atoms with van der Waals surface area (Å²) in [4.78, 5) is -0.0265. The van der Waals surface area contributed by atoms with E-state index < -0.39 is 15.6 Å². The summed E-state index contributed by atoms with van der Waals surface area (Å²) in [6.07, 6.45) is 0.457. The van der Waals surface area contributed by atoms with Crippen LogP contribution in [0.1, 0.15) is 20.3 Å². The molecule has 1 aromatic rings. The van der Waals surface area contributed by atoms with Crippen LogP contribution >= 0.6 is 0 Å². The molecule has 7 heteroatoms. The monoisotopic (exact) mass is 288 g/mol. The first-order valence-electron chi connectivity index (χ1n) is 5.86. The van der Waals surface area contributed by atoms with Gasteiger partial charge in [-0.3, -0.25) is 0 Å². The zero-order chi connectivity index (χ0) is 14.7. The van der Waals surface area contributed by atoms with E-state index in [9.17, 15) is 13.5 Å². The first-order chi connectivity index (χ1) is 8.78. The van der Waals surface area contributed by atoms with Crippen molar-refractivity contribution in [2.75, 3.05) is 19.5 Å². The number of nitrogens with one attached hydrogen (secondary N) is 1. The summed E-state index contributed by atoms with van der Waals surface area (Å²) in [5.41, 5.74) is 4.91. The molecule has 0 heterocycles. The number of benzene rings is 1. The number of ether oxygens (including phenoxy) is 1. The second-order valence-corrected chi connectivity index (χ2v) is 6.23. The number of hydrogen-bond donors (Lipinski definition) is 3. The number of anilines is 1. The highest BCUT2D eigenvalue weighted by Gasteiger charge is 2.29. The van der Waals surface area contributed by atoms with Gasteiger partial charge in [0.1, 0.15) is 10.6 Å². The summed E-state index contributed by atoms with van der Waals surface area (Å²) in [5.74, 6) is 0.483. The number of nitrogen functional groups attached to an aromatic ring is 1. The Hall–Kier alpha value is -1.31. The fourth-order valence-electron chi connectivity index (χ4n) is 1.49. The normalized spacial score (nSPS) is 14.9. The van der Waals surface area contributed by atoms with Crippen LogP contribution in [-0.2, 0) is 10.0 Å². The Morgan fingerprint density at radius 2 is 2.11 bits per heavy atom. The Balaban J connectivity index is 3.14. The molecule has 1 atom stereocenters. The molecule has 0 amide bonds. The molecule has 0 radical (unpaired) electrons. The van der Waals surface area contributed by atoms with E-state index in [0.29, 0.717) is 12.2 Å². The van der Waals surface area contributed by atoms with Crippen LogP contribution in [0.4, 0.5) is 5.69 Å². The molecule has 0 aromatic heterocycles. The lowest BCUT2D eigenvalue weighted by Crippen LogP contribution is -2.48. The molecule has 1 aromatic carbocycles. The molecule has 4 N–H and O–H groups in total. The van der Waals surface area contributed by atoms with Gasteiger partial charge >= 0.3 is 0 Å². The average Bonchev–Trinajstić information content (AvgIpc) is 2.37. The second kappa shape index (κ2) is 5.77. The Labute approximate surface area is 113 Å². The molecule has 0 spiro atoms. The third kappa shape index (κ3) is 3.59. The standard InChI is InChI=1S/C12H20N2O4S/c1-4-12(2,8-15)14-19(16,17)11-6-5-9(18-3)7-10(11)13/h5-7,14-15H,4,8,13H2,1-3H3. The number of aliphatic hydroxyl groups is 1. The molecule has 19 heavy (non-hydrogen) atoms. The van der Waals surface area contributed by atoms with E-state index in [0.717, 1.165) is 0 Å². The van der Waals surface area contributed by atoms with Gasteiger partial charge in [0.25, 0.3) is 0 Å². The van der Waals surface area contributed by atoms with Gasteiger partial charge in [0.15, 0.2) is 0 Å². The minimum Gasteiger partial charge on any atom is -0.497 e. The zero-order valence-electron chi connectivity index (χ0n) is 11.3. The van der Waals surface area contributed by atoms with Crippen molar-refractivity contribution in [1.82, 2.24) is 4.72 Å². The summed E-state index contributed by atoms with van der Waals surface area (Å²) in [5, 5.41) is 9.27. The van der Waals surface area contributed by atoms with Crippen LogP contribution in [0.25, 0.3) is 0 Å². The predicted molar refractivity (Wildman–Crippen MR) is 73.5 cm³/mol. The van der Waals surface area contributed by atoms with Gasteiger partial charge < -0.3 is 15.6 Å². The number of sulfonamides is 1. The third-order valence-electron chi connectivity index (χ3n) is 3.02. The number of methoxy groups -OCH3 is 1. The molecule has 1 unspecified atom stereocenters. The minimum atomic E-state index is -3.79. The fourth-order valence-corrected chi connectivity index (χ4v) is 3.08. The second-order valence-electron chi connectivity index (χ2n) is 4.58. The van der Waals surface area contributed by atoms with E-state index in [1.54, 1.807) is 13.8 Å². The van der Waals surface area contributed by atoms with Crippen LogP contribution in [0.3, 0.4) is 0 Å². The van der Waals surface area contributed by atoms with Crippen molar-refractivity contribution in [2.24, 2.45) is 0 Å². The van der Waals surface area contributed by atoms with Crippen molar-refractivity contribution in [3.63, 3.8) is 0 Å². The third-order valence-corrected chi connectivity index (χ3v) is 4.73. The maximum absolute atomic E-state index is 12.2. The van der Waals surface area contributed by atoms with E-state index in [-0.39, 0.29) is 17.2 Å². The first kappa shape index (κ1) is 15.7. The molecular formula is C12H20N2O4S. The quantitative estimate of drug-likeness (QED) is 0.669. The Bertz CT molecular complexity index is 539. The van der Waals surface area contributed by atoms with Crippen LogP contribution in [-0.4, -0.2) is 32.8 Å². The lowest BCUT2D eigenvalue weighted by Gasteiger charge is -2.27. The van der Waals surface area contributed by atoms with E-state index in [4.69, 9.17) is 10.5 Å². The molecule has 0 saturated heterocycles. The molecule has 108 valence electrons. The number of hydrogen-bond acceptors (Lipinski definition) is 5. The van der Waals surface area contributed by atoms with E-state index in [2.05, 4.69) is 4.72 Å². The molecule has 6 nitrogen and oxygen atoms in total. The van der Waals surface area contributed by atoms with E-state index >= 15 is 0 Å². The Morgan fingerprint density at radius 3 is 2.53 bits per heavy atom. The van der Waals surface area contributed by atoms with E-state index in [1.165, 1.54) is 25.3 Å². The summed E-state index contributed by atoms with van der Waals surface area (Å²) in [7, 11) is -2.32. The number of nitrogens with two attached hydrogens (primary N) is 1. The molecule has 1 rings (SSSR count). The molecule has 0 aliphatic heterocycles. The zero-order valence-corrected chi connectivity index (χ0v) is 12.1. The largest absolute Gasteiger partial charge is 0.497 e. The molecule has 0 aliphatic carbocycles. The number of rotatable bonds is 6. The van der Waals surface area contributed by atoms with Gasteiger partial charge in [-0.1, -0.05) is 6.92 Å². The van der Waals surface area contributed by atoms with E-state index in [1.807, 2.05) is 0 Å². The Kier molecular flexibility index (Phi) is 4.78. The van der Waals surface area contributed by atoms with Crippen LogP contribution in [0.5, 0.6) is 5.75 Å². The van der Waals surface area contributed by atoms with Crippen molar-refractivity contribution in [3.05, 3.63) is 18.2 Å². The predicted octanol–water partition coefficient (Wildman–Crippen LogP) is 0.717. The van der Waals surface area contributed by atoms with Crippen LogP contribution < -0.4 is 15.2 Å². The molecule has 0 aliphatic rings. The lowest BCUT2D eigenvalue weighted by molar-refractivity contribution is 0.191. The van der Waals surface area contributed by atoms with Gasteiger partial charge in [0.05, 0.1) is 24.9 Å². The SMILES string of the molecule is CCC(C)(CO)NS(=O)(=O)c1ccc(OC)cc1N. The van der Waals surface area contributed by atoms with Crippen molar-refractivity contribution in [2.45, 2.75) is 30.7 Å². The lowest BCUT2D eigenvalue weighted by atomic mass is 10.0. The van der Waals surface area contributed by atoms with Gasteiger partial charge in [0.2, 0.25) is 10.0 Å². The summed E-state index contributed by atoms with van der Waals surface area (Å²) in [6, 6.07) is 4.34. The summed E-state index contributed by atoms with van der Waals surface area (Å²) < 4.78 is 31.9. The van der Waals surface area contributed by atoms with Gasteiger partial charge in [0, 0.05) is 6.07 Å². The fraction of sp³-hybridized carbons (Fsp3) is 0.500. The van der Waals surface area contributed by atoms with Crippen LogP contribution in [0, 0.1) is 0 Å². The van der Waals surface area contributed by atoms with Crippen LogP contribution in [0.15, 0.2) is 23.1 Å². The maximum atomic E-state index is 12.2.